The van der Waals surface area contributed by atoms with E-state index in [1.807, 2.05) is 18.4 Å². The van der Waals surface area contributed by atoms with Gasteiger partial charge in [0.2, 0.25) is 5.91 Å². The topological polar surface area (TPSA) is 59.8 Å². The minimum Gasteiger partial charge on any atom is -0.359 e. The number of imidazole rings is 1. The highest BCUT2D eigenvalue weighted by Crippen LogP contribution is 2.25. The maximum absolute atomic E-state index is 12.0. The predicted octanol–water partition coefficient (Wildman–Crippen LogP) is 2.64. The van der Waals surface area contributed by atoms with E-state index < -0.39 is 5.41 Å². The lowest BCUT2D eigenvalue weighted by Gasteiger charge is -2.24. The van der Waals surface area contributed by atoms with Gasteiger partial charge >= 0.3 is 0 Å². The lowest BCUT2D eigenvalue weighted by molar-refractivity contribution is -0.129. The monoisotopic (exact) mass is 328 g/mol. The molecular formula is C14H18Cl2N4O. The summed E-state index contributed by atoms with van der Waals surface area (Å²) >= 11 is 11.8. The number of hydrogen-bond donors (Lipinski definition) is 1. The fourth-order valence-corrected chi connectivity index (χ4v) is 2.60. The largest absolute Gasteiger partial charge is 0.359 e. The highest BCUT2D eigenvalue weighted by molar-refractivity contribution is 6.31. The summed E-state index contributed by atoms with van der Waals surface area (Å²) in [6.45, 7) is 4.25. The molecule has 0 spiro atoms. The zero-order valence-corrected chi connectivity index (χ0v) is 13.8. The number of alkyl halides is 1. The van der Waals surface area contributed by atoms with E-state index in [2.05, 4.69) is 15.3 Å². The highest BCUT2D eigenvalue weighted by Gasteiger charge is 2.29. The summed E-state index contributed by atoms with van der Waals surface area (Å²) in [5.74, 6) is 1.24. The van der Waals surface area contributed by atoms with Gasteiger partial charge in [-0.25, -0.2) is 9.97 Å². The molecule has 2 aromatic rings. The molecule has 114 valence electrons. The van der Waals surface area contributed by atoms with Crippen molar-refractivity contribution in [2.24, 2.45) is 5.41 Å². The molecule has 0 fully saturated rings. The van der Waals surface area contributed by atoms with Gasteiger partial charge in [0.1, 0.15) is 11.3 Å². The van der Waals surface area contributed by atoms with Crippen LogP contribution in [0.4, 0.5) is 0 Å². The third-order valence-corrected chi connectivity index (χ3v) is 3.74. The number of nitrogens with zero attached hydrogens (tertiary/aromatic N) is 3. The summed E-state index contributed by atoms with van der Waals surface area (Å²) in [5.41, 5.74) is 0.858. The van der Waals surface area contributed by atoms with Crippen LogP contribution >= 0.6 is 23.2 Å². The minimum atomic E-state index is -0.579. The van der Waals surface area contributed by atoms with Crippen LogP contribution in [0.25, 0.3) is 11.2 Å². The van der Waals surface area contributed by atoms with Crippen molar-refractivity contribution in [3.05, 3.63) is 23.1 Å². The lowest BCUT2D eigenvalue weighted by Crippen LogP contribution is -2.38. The summed E-state index contributed by atoms with van der Waals surface area (Å²) in [7, 11) is 1.63. The SMILES string of the molecule is CNC(=O)C(C)(C)Cn1c(CCCl)nc2cc(Cl)cnc21. The number of aromatic nitrogens is 3. The van der Waals surface area contributed by atoms with Gasteiger partial charge in [-0.2, -0.15) is 0 Å². The molecule has 0 atom stereocenters. The van der Waals surface area contributed by atoms with Crippen molar-refractivity contribution >= 4 is 40.3 Å². The molecule has 0 saturated heterocycles. The molecule has 1 N–H and O–H groups in total. The van der Waals surface area contributed by atoms with E-state index in [0.29, 0.717) is 23.9 Å². The van der Waals surface area contributed by atoms with Gasteiger partial charge in [-0.3, -0.25) is 4.79 Å². The van der Waals surface area contributed by atoms with E-state index in [1.165, 1.54) is 0 Å². The number of carbonyl (C=O) groups is 1. The number of nitrogens with one attached hydrogen (secondary N) is 1. The molecular weight excluding hydrogens is 311 g/mol. The molecule has 0 aliphatic rings. The number of hydrogen-bond acceptors (Lipinski definition) is 3. The molecule has 0 radical (unpaired) electrons. The first-order chi connectivity index (χ1) is 9.89. The molecule has 0 aromatic carbocycles. The van der Waals surface area contributed by atoms with Crippen LogP contribution in [0.1, 0.15) is 19.7 Å². The maximum atomic E-state index is 12.0. The van der Waals surface area contributed by atoms with Gasteiger partial charge in [0, 0.05) is 32.1 Å². The molecule has 1 amide bonds. The Morgan fingerprint density at radius 2 is 2.19 bits per heavy atom. The zero-order chi connectivity index (χ0) is 15.6. The van der Waals surface area contributed by atoms with E-state index >= 15 is 0 Å². The molecule has 0 aliphatic heterocycles. The lowest BCUT2D eigenvalue weighted by atomic mass is 9.92. The fraction of sp³-hybridized carbons (Fsp3) is 0.500. The van der Waals surface area contributed by atoms with Crippen LogP contribution in [0.15, 0.2) is 12.3 Å². The number of aryl methyl sites for hydroxylation is 1. The number of rotatable bonds is 5. The molecule has 0 unspecified atom stereocenters. The summed E-state index contributed by atoms with van der Waals surface area (Å²) in [5, 5.41) is 3.22. The normalized spacial score (nSPS) is 11.9. The van der Waals surface area contributed by atoms with Crippen LogP contribution < -0.4 is 5.32 Å². The van der Waals surface area contributed by atoms with Crippen LogP contribution in [0, 0.1) is 5.41 Å². The molecule has 2 heterocycles. The molecule has 5 nitrogen and oxygen atoms in total. The third kappa shape index (κ3) is 3.30. The average Bonchev–Trinajstić information content (AvgIpc) is 2.74. The standard InChI is InChI=1S/C14H18Cl2N4O/c1-14(2,13(21)17-3)8-20-11(4-5-15)19-10-6-9(16)7-18-12(10)20/h6-7H,4-5,8H2,1-3H3,(H,17,21). The van der Waals surface area contributed by atoms with Crippen molar-refractivity contribution in [2.75, 3.05) is 12.9 Å². The van der Waals surface area contributed by atoms with Crippen molar-refractivity contribution in [3.63, 3.8) is 0 Å². The van der Waals surface area contributed by atoms with Crippen molar-refractivity contribution in [3.8, 4) is 0 Å². The van der Waals surface area contributed by atoms with Crippen LogP contribution in [0.5, 0.6) is 0 Å². The molecule has 2 rings (SSSR count). The van der Waals surface area contributed by atoms with Crippen LogP contribution in [-0.2, 0) is 17.8 Å². The van der Waals surface area contributed by atoms with Gasteiger partial charge in [0.15, 0.2) is 5.65 Å². The van der Waals surface area contributed by atoms with Crippen molar-refractivity contribution in [2.45, 2.75) is 26.8 Å². The first-order valence-electron chi connectivity index (χ1n) is 6.68. The van der Waals surface area contributed by atoms with Crippen molar-refractivity contribution in [1.29, 1.82) is 0 Å². The fourth-order valence-electron chi connectivity index (χ4n) is 2.28. The van der Waals surface area contributed by atoms with Gasteiger partial charge in [0.25, 0.3) is 0 Å². The van der Waals surface area contributed by atoms with Crippen molar-refractivity contribution < 1.29 is 4.79 Å². The summed E-state index contributed by atoms with van der Waals surface area (Å²) in [6, 6.07) is 1.77. The van der Waals surface area contributed by atoms with Crippen LogP contribution in [0.2, 0.25) is 5.02 Å². The number of halogens is 2. The van der Waals surface area contributed by atoms with Gasteiger partial charge in [-0.05, 0) is 19.9 Å². The molecule has 0 aliphatic carbocycles. The number of amides is 1. The number of carbonyl (C=O) groups excluding carboxylic acids is 1. The molecule has 7 heteroatoms. The second-order valence-electron chi connectivity index (χ2n) is 5.51. The van der Waals surface area contributed by atoms with Crippen LogP contribution in [0.3, 0.4) is 0 Å². The minimum absolute atomic E-state index is 0.0323. The maximum Gasteiger partial charge on any atom is 0.227 e. The quantitative estimate of drug-likeness (QED) is 0.858. The van der Waals surface area contributed by atoms with E-state index in [-0.39, 0.29) is 5.91 Å². The Kier molecular flexibility index (Phi) is 4.74. The van der Waals surface area contributed by atoms with Crippen molar-refractivity contribution in [1.82, 2.24) is 19.9 Å². The van der Waals surface area contributed by atoms with E-state index in [9.17, 15) is 4.79 Å². The highest BCUT2D eigenvalue weighted by atomic mass is 35.5. The number of fused-ring (bicyclic) bond motifs is 1. The summed E-state index contributed by atoms with van der Waals surface area (Å²) < 4.78 is 1.95. The molecule has 0 saturated carbocycles. The van der Waals surface area contributed by atoms with Gasteiger partial charge in [-0.15, -0.1) is 11.6 Å². The Bertz CT molecular complexity index is 666. The van der Waals surface area contributed by atoms with E-state index in [0.717, 1.165) is 17.0 Å². The Labute approximate surface area is 133 Å². The molecule has 2 aromatic heterocycles. The average molecular weight is 329 g/mol. The number of pyridine rings is 1. The first kappa shape index (κ1) is 16.0. The van der Waals surface area contributed by atoms with E-state index in [1.54, 1.807) is 19.3 Å². The molecule has 21 heavy (non-hydrogen) atoms. The van der Waals surface area contributed by atoms with Gasteiger partial charge < -0.3 is 9.88 Å². The third-order valence-electron chi connectivity index (χ3n) is 3.34. The smallest absolute Gasteiger partial charge is 0.227 e. The zero-order valence-electron chi connectivity index (χ0n) is 12.3. The summed E-state index contributed by atoms with van der Waals surface area (Å²) in [6.07, 6.45) is 2.19. The van der Waals surface area contributed by atoms with Gasteiger partial charge in [-0.1, -0.05) is 11.6 Å². The Morgan fingerprint density at radius 3 is 2.81 bits per heavy atom. The van der Waals surface area contributed by atoms with Gasteiger partial charge in [0.05, 0.1) is 10.4 Å². The Balaban J connectivity index is 2.50. The van der Waals surface area contributed by atoms with Crippen LogP contribution in [-0.4, -0.2) is 33.4 Å². The first-order valence-corrected chi connectivity index (χ1v) is 7.59. The van der Waals surface area contributed by atoms with E-state index in [4.69, 9.17) is 23.2 Å². The Morgan fingerprint density at radius 1 is 1.48 bits per heavy atom. The Hall–Kier alpha value is -1.33. The second-order valence-corrected chi connectivity index (χ2v) is 6.33. The molecule has 0 bridgehead atoms. The summed E-state index contributed by atoms with van der Waals surface area (Å²) in [4.78, 5) is 20.9. The second kappa shape index (κ2) is 6.20. The predicted molar refractivity (Wildman–Crippen MR) is 84.8 cm³/mol.